The third-order valence-corrected chi connectivity index (χ3v) is 9.77. The molecular formula is C26H28O4P. The summed E-state index contributed by atoms with van der Waals surface area (Å²) in [7, 11) is -2.09. The first-order valence-electron chi connectivity index (χ1n) is 10.5. The molecule has 0 aliphatic heterocycles. The Morgan fingerprint density at radius 1 is 0.710 bits per heavy atom. The molecule has 1 radical (unpaired) electrons. The SMILES string of the molecule is CCc1c(OC(C)=O)cc([P](CC)(c2ccccc2)c2ccccc2)cc1OC(C)=O. The fourth-order valence-electron chi connectivity index (χ4n) is 4.03. The molecule has 0 bridgehead atoms. The summed E-state index contributed by atoms with van der Waals surface area (Å²) in [6, 6.07) is 24.7. The van der Waals surface area contributed by atoms with Crippen molar-refractivity contribution in [3.63, 3.8) is 0 Å². The van der Waals surface area contributed by atoms with Gasteiger partial charge in [0.2, 0.25) is 0 Å². The molecule has 4 nitrogen and oxygen atoms in total. The second-order valence-electron chi connectivity index (χ2n) is 7.26. The van der Waals surface area contributed by atoms with Gasteiger partial charge in [-0.1, -0.05) is 74.5 Å². The first-order valence-corrected chi connectivity index (χ1v) is 12.4. The van der Waals surface area contributed by atoms with Crippen molar-refractivity contribution in [1.29, 1.82) is 0 Å². The van der Waals surface area contributed by atoms with Crippen LogP contribution in [0.4, 0.5) is 0 Å². The van der Waals surface area contributed by atoms with Crippen molar-refractivity contribution in [3.05, 3.63) is 78.4 Å². The zero-order valence-corrected chi connectivity index (χ0v) is 19.3. The van der Waals surface area contributed by atoms with Crippen LogP contribution in [-0.4, -0.2) is 18.1 Å². The number of esters is 2. The molecule has 5 heteroatoms. The molecule has 0 spiro atoms. The first-order chi connectivity index (χ1) is 14.9. The fraction of sp³-hybridized carbons (Fsp3) is 0.231. The number of hydrogen-bond donors (Lipinski definition) is 0. The number of ether oxygens (including phenoxy) is 2. The van der Waals surface area contributed by atoms with E-state index >= 15 is 0 Å². The molecule has 3 aromatic carbocycles. The maximum absolute atomic E-state index is 11.9. The smallest absolute Gasteiger partial charge is 0.308 e. The number of benzene rings is 3. The summed E-state index contributed by atoms with van der Waals surface area (Å²) in [5.41, 5.74) is 0.712. The number of hydrogen-bond acceptors (Lipinski definition) is 4. The van der Waals surface area contributed by atoms with Crippen LogP contribution in [-0.2, 0) is 16.0 Å². The van der Waals surface area contributed by atoms with E-state index in [4.69, 9.17) is 9.47 Å². The van der Waals surface area contributed by atoms with Crippen LogP contribution >= 0.6 is 7.26 Å². The van der Waals surface area contributed by atoms with E-state index in [9.17, 15) is 9.59 Å². The van der Waals surface area contributed by atoms with Gasteiger partial charge in [0.25, 0.3) is 0 Å². The van der Waals surface area contributed by atoms with Gasteiger partial charge in [0.1, 0.15) is 11.5 Å². The van der Waals surface area contributed by atoms with Crippen molar-refractivity contribution in [1.82, 2.24) is 0 Å². The highest BCUT2D eigenvalue weighted by Crippen LogP contribution is 2.56. The topological polar surface area (TPSA) is 52.6 Å². The molecule has 0 heterocycles. The van der Waals surface area contributed by atoms with Crippen LogP contribution < -0.4 is 25.4 Å². The molecule has 31 heavy (non-hydrogen) atoms. The van der Waals surface area contributed by atoms with Gasteiger partial charge >= 0.3 is 11.9 Å². The predicted octanol–water partition coefficient (Wildman–Crippen LogP) is 4.41. The third-order valence-electron chi connectivity index (χ3n) is 5.32. The van der Waals surface area contributed by atoms with Gasteiger partial charge in [-0.25, -0.2) is 0 Å². The van der Waals surface area contributed by atoms with E-state index in [1.165, 1.54) is 24.5 Å². The standard InChI is InChI=1S/C26H28O4P/c1-5-24-25(29-19(3)27)17-23(18-26(24)30-20(4)28)31(6-2,21-13-9-7-10-14-21)22-15-11-8-12-16-22/h7-18H,5-6H2,1-4H3. The molecule has 3 rings (SSSR count). The lowest BCUT2D eigenvalue weighted by Crippen LogP contribution is -2.33. The molecule has 0 N–H and O–H groups in total. The van der Waals surface area contributed by atoms with Crippen LogP contribution in [0.5, 0.6) is 11.5 Å². The highest BCUT2D eigenvalue weighted by molar-refractivity contribution is 7.95. The highest BCUT2D eigenvalue weighted by Gasteiger charge is 2.34. The molecule has 0 amide bonds. The molecule has 0 saturated heterocycles. The Balaban J connectivity index is 2.38. The van der Waals surface area contributed by atoms with E-state index in [1.807, 2.05) is 55.5 Å². The Morgan fingerprint density at radius 2 is 1.13 bits per heavy atom. The van der Waals surface area contributed by atoms with Gasteiger partial charge in [0.05, 0.1) is 0 Å². The second-order valence-corrected chi connectivity index (χ2v) is 11.1. The normalized spacial score (nSPS) is 11.1. The van der Waals surface area contributed by atoms with Crippen LogP contribution in [0.25, 0.3) is 0 Å². The summed E-state index contributed by atoms with van der Waals surface area (Å²) in [5, 5.41) is 3.45. The van der Waals surface area contributed by atoms with Gasteiger partial charge in [-0.05, 0) is 47.9 Å². The maximum atomic E-state index is 11.9. The Bertz CT molecular complexity index is 985. The van der Waals surface area contributed by atoms with Crippen molar-refractivity contribution >= 4 is 35.1 Å². The van der Waals surface area contributed by atoms with Crippen LogP contribution in [0.2, 0.25) is 0 Å². The van der Waals surface area contributed by atoms with Gasteiger partial charge in [-0.3, -0.25) is 9.59 Å². The quantitative estimate of drug-likeness (QED) is 0.313. The minimum Gasteiger partial charge on any atom is -0.426 e. The molecule has 0 saturated carbocycles. The van der Waals surface area contributed by atoms with Gasteiger partial charge in [-0.2, -0.15) is 0 Å². The molecule has 0 aliphatic rings. The van der Waals surface area contributed by atoms with E-state index in [-0.39, 0.29) is 0 Å². The lowest BCUT2D eigenvalue weighted by molar-refractivity contribution is -0.132. The fourth-order valence-corrected chi connectivity index (χ4v) is 8.05. The predicted molar refractivity (Wildman–Crippen MR) is 128 cm³/mol. The van der Waals surface area contributed by atoms with E-state index in [1.54, 1.807) is 0 Å². The van der Waals surface area contributed by atoms with Crippen LogP contribution in [0.3, 0.4) is 0 Å². The van der Waals surface area contributed by atoms with E-state index in [0.29, 0.717) is 23.5 Å². The van der Waals surface area contributed by atoms with Crippen molar-refractivity contribution in [2.75, 3.05) is 6.16 Å². The number of carbonyl (C=O) groups is 2. The highest BCUT2D eigenvalue weighted by atomic mass is 31.2. The minimum absolute atomic E-state index is 0.402. The van der Waals surface area contributed by atoms with E-state index in [0.717, 1.165) is 11.5 Å². The zero-order valence-electron chi connectivity index (χ0n) is 18.4. The number of rotatable bonds is 7. The second kappa shape index (κ2) is 9.89. The Labute approximate surface area is 184 Å². The van der Waals surface area contributed by atoms with Gasteiger partial charge < -0.3 is 9.47 Å². The summed E-state index contributed by atoms with van der Waals surface area (Å²) in [4.78, 5) is 23.7. The third kappa shape index (κ3) is 4.70. The summed E-state index contributed by atoms with van der Waals surface area (Å²) < 4.78 is 11.2. The molecule has 3 aromatic rings. The summed E-state index contributed by atoms with van der Waals surface area (Å²) in [6.07, 6.45) is 1.44. The lowest BCUT2D eigenvalue weighted by atomic mass is 10.1. The number of carbonyl (C=O) groups excluding carboxylic acids is 2. The molecular weight excluding hydrogens is 407 g/mol. The van der Waals surface area contributed by atoms with Crippen LogP contribution in [0.15, 0.2) is 72.8 Å². The largest absolute Gasteiger partial charge is 0.426 e. The lowest BCUT2D eigenvalue weighted by Gasteiger charge is -2.38. The average Bonchev–Trinajstić information content (AvgIpc) is 2.75. The van der Waals surface area contributed by atoms with Gasteiger partial charge in [0.15, 0.2) is 0 Å². The molecule has 0 unspecified atom stereocenters. The summed E-state index contributed by atoms with van der Waals surface area (Å²) in [6.45, 7) is 6.90. The Kier molecular flexibility index (Phi) is 7.25. The van der Waals surface area contributed by atoms with Crippen LogP contribution in [0, 0.1) is 0 Å². The molecule has 0 fully saturated rings. The molecule has 0 aliphatic carbocycles. The van der Waals surface area contributed by atoms with Gasteiger partial charge in [0, 0.05) is 19.4 Å². The summed E-state index contributed by atoms with van der Waals surface area (Å²) >= 11 is 0. The van der Waals surface area contributed by atoms with E-state index < -0.39 is 19.2 Å². The van der Waals surface area contributed by atoms with Crippen LogP contribution in [0.1, 0.15) is 33.3 Å². The minimum atomic E-state index is -2.09. The Hall–Kier alpha value is -2.97. The maximum Gasteiger partial charge on any atom is 0.308 e. The van der Waals surface area contributed by atoms with Gasteiger partial charge in [-0.15, -0.1) is 0 Å². The van der Waals surface area contributed by atoms with Crippen molar-refractivity contribution < 1.29 is 19.1 Å². The van der Waals surface area contributed by atoms with Crippen molar-refractivity contribution in [2.45, 2.75) is 34.1 Å². The summed E-state index contributed by atoms with van der Waals surface area (Å²) in [5.74, 6) is 0.0998. The average molecular weight is 435 g/mol. The van der Waals surface area contributed by atoms with Crippen molar-refractivity contribution in [2.24, 2.45) is 0 Å². The Morgan fingerprint density at radius 3 is 1.45 bits per heavy atom. The molecule has 161 valence electrons. The molecule has 0 atom stereocenters. The monoisotopic (exact) mass is 435 g/mol. The van der Waals surface area contributed by atoms with E-state index in [2.05, 4.69) is 31.2 Å². The zero-order chi connectivity index (χ0) is 22.4. The van der Waals surface area contributed by atoms with Crippen molar-refractivity contribution in [3.8, 4) is 11.5 Å². The molecule has 0 aromatic heterocycles. The first kappa shape index (κ1) is 22.7.